The van der Waals surface area contributed by atoms with Crippen LogP contribution in [0.4, 0.5) is 0 Å². The number of thiophene rings is 1. The molecule has 0 spiro atoms. The minimum atomic E-state index is -3.63. The second-order valence-electron chi connectivity index (χ2n) is 8.38. The van der Waals surface area contributed by atoms with Gasteiger partial charge in [0.1, 0.15) is 6.04 Å². The first kappa shape index (κ1) is 25.3. The van der Waals surface area contributed by atoms with Crippen molar-refractivity contribution in [3.63, 3.8) is 0 Å². The second-order valence-corrected chi connectivity index (χ2v) is 11.4. The highest BCUT2D eigenvalue weighted by molar-refractivity contribution is 7.89. The van der Waals surface area contributed by atoms with Crippen LogP contribution in [0, 0.1) is 0 Å². The SMILES string of the molecule is CCC[C@H](NC(=O)c1cc2ccccc2s1)C(=O)NCC1CN(S(=O)(=O)c2ccccc2)CCO1. The van der Waals surface area contributed by atoms with E-state index in [1.807, 2.05) is 37.3 Å². The molecule has 35 heavy (non-hydrogen) atoms. The molecule has 3 aromatic rings. The molecule has 1 aromatic heterocycles. The number of nitrogens with zero attached hydrogens (tertiary/aromatic N) is 1. The molecule has 0 aliphatic carbocycles. The highest BCUT2D eigenvalue weighted by Crippen LogP contribution is 2.25. The summed E-state index contributed by atoms with van der Waals surface area (Å²) in [5.41, 5.74) is 0. The van der Waals surface area contributed by atoms with Crippen LogP contribution in [-0.2, 0) is 19.6 Å². The van der Waals surface area contributed by atoms with Crippen LogP contribution in [0.25, 0.3) is 10.1 Å². The summed E-state index contributed by atoms with van der Waals surface area (Å²) in [6, 6.07) is 17.2. The molecule has 8 nitrogen and oxygen atoms in total. The van der Waals surface area contributed by atoms with Crippen LogP contribution in [-0.4, -0.2) is 62.9 Å². The van der Waals surface area contributed by atoms with E-state index in [9.17, 15) is 18.0 Å². The van der Waals surface area contributed by atoms with E-state index < -0.39 is 22.2 Å². The molecule has 1 unspecified atom stereocenters. The van der Waals surface area contributed by atoms with Crippen LogP contribution >= 0.6 is 11.3 Å². The Morgan fingerprint density at radius 3 is 2.63 bits per heavy atom. The van der Waals surface area contributed by atoms with Crippen molar-refractivity contribution in [3.05, 3.63) is 65.5 Å². The number of hydrogen-bond donors (Lipinski definition) is 2. The number of nitrogens with one attached hydrogen (secondary N) is 2. The normalized spacial score (nSPS) is 17.7. The van der Waals surface area contributed by atoms with Crippen molar-refractivity contribution in [2.24, 2.45) is 0 Å². The zero-order valence-corrected chi connectivity index (χ0v) is 21.1. The summed E-state index contributed by atoms with van der Waals surface area (Å²) >= 11 is 1.39. The van der Waals surface area contributed by atoms with Gasteiger partial charge in [-0.05, 0) is 36.1 Å². The van der Waals surface area contributed by atoms with Crippen molar-refractivity contribution in [2.75, 3.05) is 26.2 Å². The zero-order valence-electron chi connectivity index (χ0n) is 19.5. The Morgan fingerprint density at radius 2 is 1.89 bits per heavy atom. The molecular weight excluding hydrogens is 486 g/mol. The van der Waals surface area contributed by atoms with Crippen LogP contribution < -0.4 is 10.6 Å². The molecule has 2 aromatic carbocycles. The first-order chi connectivity index (χ1) is 16.9. The van der Waals surface area contributed by atoms with Gasteiger partial charge < -0.3 is 15.4 Å². The van der Waals surface area contributed by atoms with Gasteiger partial charge in [0.05, 0.1) is 22.5 Å². The lowest BCUT2D eigenvalue weighted by atomic mass is 10.1. The molecule has 4 rings (SSSR count). The molecule has 10 heteroatoms. The van der Waals surface area contributed by atoms with Crippen molar-refractivity contribution in [2.45, 2.75) is 36.8 Å². The monoisotopic (exact) mass is 515 g/mol. The maximum absolute atomic E-state index is 12.9. The van der Waals surface area contributed by atoms with Crippen LogP contribution in [0.1, 0.15) is 29.4 Å². The molecule has 1 aliphatic heterocycles. The van der Waals surface area contributed by atoms with E-state index in [0.29, 0.717) is 17.7 Å². The van der Waals surface area contributed by atoms with Crippen LogP contribution in [0.15, 0.2) is 65.6 Å². The van der Waals surface area contributed by atoms with Gasteiger partial charge in [-0.3, -0.25) is 9.59 Å². The minimum absolute atomic E-state index is 0.143. The number of fused-ring (bicyclic) bond motifs is 1. The van der Waals surface area contributed by atoms with Crippen LogP contribution in [0.3, 0.4) is 0 Å². The summed E-state index contributed by atoms with van der Waals surface area (Å²) in [6.07, 6.45) is 0.725. The number of hydrogen-bond acceptors (Lipinski definition) is 6. The molecule has 2 atom stereocenters. The third-order valence-electron chi connectivity index (χ3n) is 5.83. The Balaban J connectivity index is 1.35. The van der Waals surface area contributed by atoms with Gasteiger partial charge in [0.25, 0.3) is 5.91 Å². The van der Waals surface area contributed by atoms with Gasteiger partial charge in [0, 0.05) is 24.3 Å². The fourth-order valence-corrected chi connectivity index (χ4v) is 6.44. The van der Waals surface area contributed by atoms with Gasteiger partial charge in [-0.1, -0.05) is 49.7 Å². The van der Waals surface area contributed by atoms with Crippen molar-refractivity contribution in [3.8, 4) is 0 Å². The quantitative estimate of drug-likeness (QED) is 0.456. The lowest BCUT2D eigenvalue weighted by molar-refractivity contribution is -0.124. The lowest BCUT2D eigenvalue weighted by Gasteiger charge is -2.32. The molecule has 1 aliphatic rings. The first-order valence-electron chi connectivity index (χ1n) is 11.6. The fraction of sp³-hybridized carbons (Fsp3) is 0.360. The molecule has 1 saturated heterocycles. The number of carbonyl (C=O) groups is 2. The van der Waals surface area contributed by atoms with Crippen LogP contribution in [0.2, 0.25) is 0 Å². The third-order valence-corrected chi connectivity index (χ3v) is 8.83. The van der Waals surface area contributed by atoms with Crippen molar-refractivity contribution < 1.29 is 22.7 Å². The number of sulfonamides is 1. The minimum Gasteiger partial charge on any atom is -0.374 e. The summed E-state index contributed by atoms with van der Waals surface area (Å²) in [6.45, 7) is 2.74. The number of morpholine rings is 1. The predicted octanol–water partition coefficient (Wildman–Crippen LogP) is 3.01. The van der Waals surface area contributed by atoms with Gasteiger partial charge in [-0.25, -0.2) is 8.42 Å². The molecule has 1 fully saturated rings. The summed E-state index contributed by atoms with van der Waals surface area (Å²) in [7, 11) is -3.63. The van der Waals surface area contributed by atoms with E-state index in [0.717, 1.165) is 10.1 Å². The lowest BCUT2D eigenvalue weighted by Crippen LogP contribution is -2.52. The van der Waals surface area contributed by atoms with Crippen LogP contribution in [0.5, 0.6) is 0 Å². The molecule has 0 saturated carbocycles. The molecule has 0 radical (unpaired) electrons. The zero-order chi connectivity index (χ0) is 24.8. The molecule has 186 valence electrons. The number of ether oxygens (including phenoxy) is 1. The predicted molar refractivity (Wildman–Crippen MR) is 136 cm³/mol. The Labute approximate surface area is 209 Å². The summed E-state index contributed by atoms with van der Waals surface area (Å²) in [5.74, 6) is -0.596. The van der Waals surface area contributed by atoms with E-state index in [4.69, 9.17) is 4.74 Å². The smallest absolute Gasteiger partial charge is 0.262 e. The van der Waals surface area contributed by atoms with Gasteiger partial charge in [0.2, 0.25) is 15.9 Å². The molecular formula is C25H29N3O5S2. The number of amides is 2. The molecule has 2 heterocycles. The van der Waals surface area contributed by atoms with Crippen molar-refractivity contribution >= 4 is 43.3 Å². The van der Waals surface area contributed by atoms with Gasteiger partial charge in [-0.2, -0.15) is 4.31 Å². The highest BCUT2D eigenvalue weighted by Gasteiger charge is 2.31. The maximum Gasteiger partial charge on any atom is 0.262 e. The summed E-state index contributed by atoms with van der Waals surface area (Å²) < 4.78 is 33.9. The molecule has 2 amide bonds. The van der Waals surface area contributed by atoms with Gasteiger partial charge in [-0.15, -0.1) is 11.3 Å². The van der Waals surface area contributed by atoms with Crippen molar-refractivity contribution in [1.82, 2.24) is 14.9 Å². The largest absolute Gasteiger partial charge is 0.374 e. The summed E-state index contributed by atoms with van der Waals surface area (Å²) in [5, 5.41) is 6.67. The number of benzene rings is 2. The number of carbonyl (C=O) groups excluding carboxylic acids is 2. The Kier molecular flexibility index (Phi) is 8.17. The van der Waals surface area contributed by atoms with E-state index >= 15 is 0 Å². The maximum atomic E-state index is 12.9. The molecule has 2 N–H and O–H groups in total. The average molecular weight is 516 g/mol. The standard InChI is InChI=1S/C25H29N3O5S2/c1-2-8-21(27-25(30)23-15-18-9-6-7-12-22(18)34-23)24(29)26-16-19-17-28(13-14-33-19)35(31,32)20-10-4-3-5-11-20/h3-7,9-12,15,19,21H,2,8,13-14,16-17H2,1H3,(H,26,29)(H,27,30)/t19?,21-/m0/s1. The van der Waals surface area contributed by atoms with E-state index in [-0.39, 0.29) is 43.0 Å². The number of rotatable bonds is 9. The second kappa shape index (κ2) is 11.3. The third kappa shape index (κ3) is 6.07. The Bertz CT molecular complexity index is 1240. The summed E-state index contributed by atoms with van der Waals surface area (Å²) in [4.78, 5) is 26.5. The van der Waals surface area contributed by atoms with Gasteiger partial charge in [0.15, 0.2) is 0 Å². The average Bonchev–Trinajstić information content (AvgIpc) is 3.32. The fourth-order valence-electron chi connectivity index (χ4n) is 3.99. The topological polar surface area (TPSA) is 105 Å². The Hall–Kier alpha value is -2.79. The Morgan fingerprint density at radius 1 is 1.14 bits per heavy atom. The van der Waals surface area contributed by atoms with E-state index in [1.165, 1.54) is 15.6 Å². The van der Waals surface area contributed by atoms with Crippen molar-refractivity contribution in [1.29, 1.82) is 0 Å². The van der Waals surface area contributed by atoms with E-state index in [1.54, 1.807) is 30.3 Å². The van der Waals surface area contributed by atoms with E-state index in [2.05, 4.69) is 10.6 Å². The highest BCUT2D eigenvalue weighted by atomic mass is 32.2. The molecule has 0 bridgehead atoms. The first-order valence-corrected chi connectivity index (χ1v) is 13.9. The van der Waals surface area contributed by atoms with Gasteiger partial charge >= 0.3 is 0 Å².